The Morgan fingerprint density at radius 3 is 2.57 bits per heavy atom. The summed E-state index contributed by atoms with van der Waals surface area (Å²) in [5.74, 6) is 0.269. The number of piperidine rings is 1. The summed E-state index contributed by atoms with van der Waals surface area (Å²) in [6.07, 6.45) is -2.64. The number of ether oxygens (including phenoxy) is 1. The number of nitrogens with one attached hydrogen (secondary N) is 2. The first kappa shape index (κ1) is 15.9. The Balaban J connectivity index is 2.22. The molecule has 0 saturated carbocycles. The summed E-state index contributed by atoms with van der Waals surface area (Å²) in [4.78, 5) is 0. The van der Waals surface area contributed by atoms with Crippen molar-refractivity contribution in [2.75, 3.05) is 25.9 Å². The lowest BCUT2D eigenvalue weighted by molar-refractivity contribution is -0.138. The monoisotopic (exact) mass is 303 g/mol. The first-order valence-electron chi connectivity index (χ1n) is 6.90. The van der Waals surface area contributed by atoms with Crippen molar-refractivity contribution in [2.45, 2.75) is 31.6 Å². The molecular formula is C14H20F3N3O. The molecule has 0 amide bonds. The number of halogens is 3. The summed E-state index contributed by atoms with van der Waals surface area (Å²) in [6.45, 7) is 1.83. The summed E-state index contributed by atoms with van der Waals surface area (Å²) in [5.41, 5.74) is 5.23. The molecule has 7 heteroatoms. The molecule has 0 unspecified atom stereocenters. The molecule has 0 atom stereocenters. The molecule has 1 fully saturated rings. The average Bonchev–Trinajstić information content (AvgIpc) is 2.45. The van der Waals surface area contributed by atoms with Crippen LogP contribution in [0.5, 0.6) is 5.75 Å². The molecule has 4 N–H and O–H groups in total. The molecule has 21 heavy (non-hydrogen) atoms. The quantitative estimate of drug-likeness (QED) is 0.746. The number of alkyl halides is 3. The van der Waals surface area contributed by atoms with Gasteiger partial charge in [-0.15, -0.1) is 0 Å². The maximum Gasteiger partial charge on any atom is 0.416 e. The zero-order valence-corrected chi connectivity index (χ0v) is 11.9. The van der Waals surface area contributed by atoms with Gasteiger partial charge in [-0.05, 0) is 38.1 Å². The minimum absolute atomic E-state index is 0.0498. The highest BCUT2D eigenvalue weighted by Gasteiger charge is 2.34. The van der Waals surface area contributed by atoms with E-state index >= 15 is 0 Å². The third-order valence-electron chi connectivity index (χ3n) is 3.75. The van der Waals surface area contributed by atoms with Crippen molar-refractivity contribution in [1.29, 1.82) is 0 Å². The summed E-state index contributed by atoms with van der Waals surface area (Å²) < 4.78 is 44.3. The topological polar surface area (TPSA) is 59.3 Å². The van der Waals surface area contributed by atoms with Gasteiger partial charge >= 0.3 is 6.18 Å². The van der Waals surface area contributed by atoms with Crippen LogP contribution in [0.3, 0.4) is 0 Å². The van der Waals surface area contributed by atoms with E-state index < -0.39 is 11.7 Å². The van der Waals surface area contributed by atoms with Crippen LogP contribution in [0.2, 0.25) is 0 Å². The highest BCUT2D eigenvalue weighted by atomic mass is 19.4. The number of methoxy groups -OCH3 is 1. The van der Waals surface area contributed by atoms with Crippen LogP contribution in [0.1, 0.15) is 24.0 Å². The number of anilines is 1. The molecule has 1 heterocycles. The van der Waals surface area contributed by atoms with E-state index in [4.69, 9.17) is 10.5 Å². The van der Waals surface area contributed by atoms with Gasteiger partial charge in [-0.3, -0.25) is 0 Å². The van der Waals surface area contributed by atoms with Crippen LogP contribution in [-0.4, -0.2) is 26.2 Å². The van der Waals surface area contributed by atoms with E-state index in [0.29, 0.717) is 0 Å². The van der Waals surface area contributed by atoms with Gasteiger partial charge in [0.1, 0.15) is 5.75 Å². The second-order valence-corrected chi connectivity index (χ2v) is 5.11. The van der Waals surface area contributed by atoms with Crippen molar-refractivity contribution in [3.63, 3.8) is 0 Å². The van der Waals surface area contributed by atoms with Crippen LogP contribution in [0.25, 0.3) is 0 Å². The fourth-order valence-corrected chi connectivity index (χ4v) is 2.55. The van der Waals surface area contributed by atoms with E-state index in [1.54, 1.807) is 0 Å². The predicted octanol–water partition coefficient (Wildman–Crippen LogP) is 2.14. The minimum Gasteiger partial charge on any atom is -0.495 e. The van der Waals surface area contributed by atoms with Gasteiger partial charge < -0.3 is 21.1 Å². The van der Waals surface area contributed by atoms with Crippen molar-refractivity contribution in [1.82, 2.24) is 10.6 Å². The van der Waals surface area contributed by atoms with E-state index in [-0.39, 0.29) is 29.6 Å². The molecule has 0 aromatic heterocycles. The highest BCUT2D eigenvalue weighted by Crippen LogP contribution is 2.38. The van der Waals surface area contributed by atoms with Gasteiger partial charge in [-0.25, -0.2) is 0 Å². The Hall–Kier alpha value is -1.47. The SMILES string of the molecule is COc1ccc(C(F)(F)F)c(CNC2CCNCC2)c1N. The Kier molecular flexibility index (Phi) is 4.95. The van der Waals surface area contributed by atoms with Gasteiger partial charge in [0, 0.05) is 18.2 Å². The van der Waals surface area contributed by atoms with E-state index in [0.717, 1.165) is 32.0 Å². The normalized spacial score (nSPS) is 17.0. The molecule has 1 aromatic carbocycles. The molecule has 1 saturated heterocycles. The van der Waals surface area contributed by atoms with Crippen molar-refractivity contribution in [3.05, 3.63) is 23.3 Å². The van der Waals surface area contributed by atoms with Crippen LogP contribution in [0.4, 0.5) is 18.9 Å². The third kappa shape index (κ3) is 3.79. The second kappa shape index (κ2) is 6.53. The first-order valence-corrected chi connectivity index (χ1v) is 6.90. The van der Waals surface area contributed by atoms with Crippen LogP contribution in [0, 0.1) is 0 Å². The molecule has 0 aliphatic carbocycles. The van der Waals surface area contributed by atoms with Gasteiger partial charge in [0.25, 0.3) is 0 Å². The van der Waals surface area contributed by atoms with Crippen molar-refractivity contribution in [2.24, 2.45) is 0 Å². The molecule has 0 radical (unpaired) electrons. The Morgan fingerprint density at radius 2 is 2.00 bits per heavy atom. The van der Waals surface area contributed by atoms with Crippen LogP contribution < -0.4 is 21.1 Å². The largest absolute Gasteiger partial charge is 0.495 e. The van der Waals surface area contributed by atoms with E-state index in [9.17, 15) is 13.2 Å². The van der Waals surface area contributed by atoms with Gasteiger partial charge in [0.05, 0.1) is 18.4 Å². The average molecular weight is 303 g/mol. The van der Waals surface area contributed by atoms with Crippen molar-refractivity contribution < 1.29 is 17.9 Å². The minimum atomic E-state index is -4.43. The molecule has 1 aliphatic heterocycles. The van der Waals surface area contributed by atoms with Crippen molar-refractivity contribution >= 4 is 5.69 Å². The lowest BCUT2D eigenvalue weighted by Gasteiger charge is -2.25. The maximum atomic E-state index is 13.1. The van der Waals surface area contributed by atoms with Gasteiger partial charge in [-0.1, -0.05) is 0 Å². The van der Waals surface area contributed by atoms with Crippen molar-refractivity contribution in [3.8, 4) is 5.75 Å². The lowest BCUT2D eigenvalue weighted by atomic mass is 10.0. The van der Waals surface area contributed by atoms with E-state index in [1.165, 1.54) is 13.2 Å². The molecular weight excluding hydrogens is 283 g/mol. The number of benzene rings is 1. The second-order valence-electron chi connectivity index (χ2n) is 5.11. The third-order valence-corrected chi connectivity index (χ3v) is 3.75. The maximum absolute atomic E-state index is 13.1. The summed E-state index contributed by atoms with van der Waals surface area (Å²) in [6, 6.07) is 2.49. The number of nitrogens with two attached hydrogens (primary N) is 1. The Labute approximate surface area is 121 Å². The highest BCUT2D eigenvalue weighted by molar-refractivity contribution is 5.62. The first-order chi connectivity index (χ1) is 9.93. The number of nitrogen functional groups attached to an aromatic ring is 1. The molecule has 1 aliphatic rings. The lowest BCUT2D eigenvalue weighted by Crippen LogP contribution is -2.39. The fourth-order valence-electron chi connectivity index (χ4n) is 2.55. The molecule has 0 spiro atoms. The van der Waals surface area contributed by atoms with Gasteiger partial charge in [-0.2, -0.15) is 13.2 Å². The number of hydrogen-bond donors (Lipinski definition) is 3. The smallest absolute Gasteiger partial charge is 0.416 e. The van der Waals surface area contributed by atoms with Crippen LogP contribution in [-0.2, 0) is 12.7 Å². The van der Waals surface area contributed by atoms with E-state index in [1.807, 2.05) is 0 Å². The summed E-state index contributed by atoms with van der Waals surface area (Å²) in [7, 11) is 1.39. The number of hydrogen-bond acceptors (Lipinski definition) is 4. The standard InChI is InChI=1S/C14H20F3N3O/c1-21-12-3-2-11(14(15,16)17)10(13(12)18)8-20-9-4-6-19-7-5-9/h2-3,9,19-20H,4-8,18H2,1H3. The van der Waals surface area contributed by atoms with Crippen LogP contribution in [0.15, 0.2) is 12.1 Å². The summed E-state index contributed by atoms with van der Waals surface area (Å²) in [5, 5.41) is 6.38. The van der Waals surface area contributed by atoms with Gasteiger partial charge in [0.2, 0.25) is 0 Å². The molecule has 2 rings (SSSR count). The summed E-state index contributed by atoms with van der Waals surface area (Å²) >= 11 is 0. The van der Waals surface area contributed by atoms with Gasteiger partial charge in [0.15, 0.2) is 0 Å². The molecule has 118 valence electrons. The molecule has 4 nitrogen and oxygen atoms in total. The molecule has 1 aromatic rings. The Bertz CT molecular complexity index is 485. The molecule has 0 bridgehead atoms. The Morgan fingerprint density at radius 1 is 1.33 bits per heavy atom. The van der Waals surface area contributed by atoms with Crippen LogP contribution >= 0.6 is 0 Å². The predicted molar refractivity (Wildman–Crippen MR) is 75.1 cm³/mol. The zero-order valence-electron chi connectivity index (χ0n) is 11.9. The fraction of sp³-hybridized carbons (Fsp3) is 0.571. The number of rotatable bonds is 4. The zero-order chi connectivity index (χ0) is 15.5. The van der Waals surface area contributed by atoms with E-state index in [2.05, 4.69) is 10.6 Å².